The molecule has 0 aliphatic rings. The fraction of sp³-hybridized carbons (Fsp3) is 0.211. The average molecular weight is 322 g/mol. The SMILES string of the molecule is N#CCCCOC(=O)c1ccccc1NC(=O)Cc1ccccc1. The Labute approximate surface area is 140 Å². The predicted molar refractivity (Wildman–Crippen MR) is 90.3 cm³/mol. The van der Waals surface area contributed by atoms with Crippen LogP contribution in [0.3, 0.4) is 0 Å². The molecule has 0 fully saturated rings. The Morgan fingerprint density at radius 3 is 2.50 bits per heavy atom. The highest BCUT2D eigenvalue weighted by atomic mass is 16.5. The maximum atomic E-state index is 12.2. The quantitative estimate of drug-likeness (QED) is 0.626. The van der Waals surface area contributed by atoms with Gasteiger partial charge in [0.05, 0.1) is 30.3 Å². The first-order valence-electron chi connectivity index (χ1n) is 7.67. The molecule has 2 aromatic rings. The van der Waals surface area contributed by atoms with Crippen molar-refractivity contribution >= 4 is 17.6 Å². The zero-order valence-electron chi connectivity index (χ0n) is 13.2. The number of para-hydroxylation sites is 1. The third kappa shape index (κ3) is 5.25. The van der Waals surface area contributed by atoms with E-state index in [1.54, 1.807) is 24.3 Å². The van der Waals surface area contributed by atoms with Crippen LogP contribution in [-0.4, -0.2) is 18.5 Å². The Bertz CT molecular complexity index is 736. The highest BCUT2D eigenvalue weighted by molar-refractivity contribution is 6.01. The molecule has 0 bridgehead atoms. The minimum atomic E-state index is -0.511. The van der Waals surface area contributed by atoms with Crippen molar-refractivity contribution in [2.75, 3.05) is 11.9 Å². The van der Waals surface area contributed by atoms with Gasteiger partial charge in [0.15, 0.2) is 0 Å². The second kappa shape index (κ2) is 9.11. The number of unbranched alkanes of at least 4 members (excludes halogenated alkanes) is 1. The number of ether oxygens (including phenoxy) is 1. The molecule has 0 aromatic heterocycles. The molecule has 5 heteroatoms. The number of hydrogen-bond acceptors (Lipinski definition) is 4. The lowest BCUT2D eigenvalue weighted by Gasteiger charge is -2.11. The van der Waals surface area contributed by atoms with Crippen LogP contribution in [0, 0.1) is 11.3 Å². The van der Waals surface area contributed by atoms with Crippen molar-refractivity contribution in [3.63, 3.8) is 0 Å². The third-order valence-electron chi connectivity index (χ3n) is 3.29. The summed E-state index contributed by atoms with van der Waals surface area (Å²) in [6, 6.07) is 18.1. The molecule has 0 aliphatic heterocycles. The van der Waals surface area contributed by atoms with Crippen LogP contribution in [-0.2, 0) is 16.0 Å². The van der Waals surface area contributed by atoms with E-state index >= 15 is 0 Å². The van der Waals surface area contributed by atoms with E-state index in [0.29, 0.717) is 24.1 Å². The number of amides is 1. The summed E-state index contributed by atoms with van der Waals surface area (Å²) >= 11 is 0. The minimum Gasteiger partial charge on any atom is -0.462 e. The molecule has 0 saturated heterocycles. The van der Waals surface area contributed by atoms with Crippen LogP contribution in [0.25, 0.3) is 0 Å². The number of benzene rings is 2. The highest BCUT2D eigenvalue weighted by Gasteiger charge is 2.14. The van der Waals surface area contributed by atoms with Crippen molar-refractivity contribution in [1.29, 1.82) is 5.26 Å². The summed E-state index contributed by atoms with van der Waals surface area (Å²) in [5, 5.41) is 11.2. The van der Waals surface area contributed by atoms with E-state index in [1.165, 1.54) is 0 Å². The molecule has 5 nitrogen and oxygen atoms in total. The second-order valence-electron chi connectivity index (χ2n) is 5.15. The van der Waals surface area contributed by atoms with Crippen LogP contribution in [0.2, 0.25) is 0 Å². The zero-order valence-corrected chi connectivity index (χ0v) is 13.2. The van der Waals surface area contributed by atoms with Crippen LogP contribution in [0.1, 0.15) is 28.8 Å². The first-order chi connectivity index (χ1) is 11.7. The van der Waals surface area contributed by atoms with Gasteiger partial charge in [-0.15, -0.1) is 0 Å². The summed E-state index contributed by atoms with van der Waals surface area (Å²) in [4.78, 5) is 24.3. The smallest absolute Gasteiger partial charge is 0.340 e. The largest absolute Gasteiger partial charge is 0.462 e. The molecule has 1 N–H and O–H groups in total. The van der Waals surface area contributed by atoms with E-state index in [2.05, 4.69) is 5.32 Å². The number of esters is 1. The second-order valence-corrected chi connectivity index (χ2v) is 5.15. The molecule has 1 amide bonds. The molecule has 0 radical (unpaired) electrons. The molecule has 2 aromatic carbocycles. The van der Waals surface area contributed by atoms with Gasteiger partial charge in [-0.3, -0.25) is 4.79 Å². The number of nitrogens with one attached hydrogen (secondary N) is 1. The van der Waals surface area contributed by atoms with Crippen LogP contribution < -0.4 is 5.32 Å². The van der Waals surface area contributed by atoms with E-state index in [4.69, 9.17) is 10.00 Å². The van der Waals surface area contributed by atoms with Crippen molar-refractivity contribution in [2.24, 2.45) is 0 Å². The summed E-state index contributed by atoms with van der Waals surface area (Å²) in [5.41, 5.74) is 1.62. The molecule has 0 heterocycles. The minimum absolute atomic E-state index is 0.179. The van der Waals surface area contributed by atoms with Crippen molar-refractivity contribution in [1.82, 2.24) is 0 Å². The first-order valence-corrected chi connectivity index (χ1v) is 7.67. The van der Waals surface area contributed by atoms with Gasteiger partial charge in [-0.05, 0) is 24.1 Å². The normalized spacial score (nSPS) is 9.79. The average Bonchev–Trinajstić information content (AvgIpc) is 2.60. The van der Waals surface area contributed by atoms with Crippen molar-refractivity contribution in [3.05, 3.63) is 65.7 Å². The Hall–Kier alpha value is -3.13. The van der Waals surface area contributed by atoms with Crippen LogP contribution in [0.4, 0.5) is 5.69 Å². The van der Waals surface area contributed by atoms with Gasteiger partial charge in [-0.1, -0.05) is 42.5 Å². The maximum absolute atomic E-state index is 12.2. The van der Waals surface area contributed by atoms with Crippen molar-refractivity contribution < 1.29 is 14.3 Å². The number of hydrogen-bond donors (Lipinski definition) is 1. The molecular formula is C19H18N2O3. The van der Waals surface area contributed by atoms with Gasteiger partial charge in [0.1, 0.15) is 0 Å². The molecular weight excluding hydrogens is 304 g/mol. The fourth-order valence-corrected chi connectivity index (χ4v) is 2.14. The van der Waals surface area contributed by atoms with Crippen LogP contribution >= 0.6 is 0 Å². The van der Waals surface area contributed by atoms with Gasteiger partial charge in [0.25, 0.3) is 0 Å². The zero-order chi connectivity index (χ0) is 17.2. The fourth-order valence-electron chi connectivity index (χ4n) is 2.14. The van der Waals surface area contributed by atoms with E-state index < -0.39 is 5.97 Å². The van der Waals surface area contributed by atoms with Gasteiger partial charge >= 0.3 is 5.97 Å². The lowest BCUT2D eigenvalue weighted by atomic mass is 10.1. The van der Waals surface area contributed by atoms with Gasteiger partial charge < -0.3 is 10.1 Å². The molecule has 122 valence electrons. The molecule has 0 aliphatic carbocycles. The molecule has 24 heavy (non-hydrogen) atoms. The summed E-state index contributed by atoms with van der Waals surface area (Å²) in [7, 11) is 0. The Balaban J connectivity index is 1.99. The van der Waals surface area contributed by atoms with Crippen LogP contribution in [0.15, 0.2) is 54.6 Å². The predicted octanol–water partition coefficient (Wildman–Crippen LogP) is 3.33. The standard InChI is InChI=1S/C19H18N2O3/c20-12-6-7-13-24-19(23)16-10-4-5-11-17(16)21-18(22)14-15-8-2-1-3-9-15/h1-5,8-11H,6-7,13-14H2,(H,21,22). The van der Waals surface area contributed by atoms with Gasteiger partial charge in [0.2, 0.25) is 5.91 Å². The number of nitrogens with zero attached hydrogens (tertiary/aromatic N) is 1. The Morgan fingerprint density at radius 2 is 1.75 bits per heavy atom. The van der Waals surface area contributed by atoms with E-state index in [0.717, 1.165) is 5.56 Å². The lowest BCUT2D eigenvalue weighted by molar-refractivity contribution is -0.115. The van der Waals surface area contributed by atoms with E-state index in [9.17, 15) is 9.59 Å². The number of anilines is 1. The third-order valence-corrected chi connectivity index (χ3v) is 3.29. The number of nitriles is 1. The molecule has 0 saturated carbocycles. The number of carbonyl (C=O) groups excluding carboxylic acids is 2. The molecule has 0 spiro atoms. The first kappa shape index (κ1) is 17.2. The molecule has 2 rings (SSSR count). The Morgan fingerprint density at radius 1 is 1.04 bits per heavy atom. The maximum Gasteiger partial charge on any atom is 0.340 e. The van der Waals surface area contributed by atoms with Gasteiger partial charge in [0, 0.05) is 6.42 Å². The van der Waals surface area contributed by atoms with Crippen molar-refractivity contribution in [3.8, 4) is 6.07 Å². The van der Waals surface area contributed by atoms with E-state index in [-0.39, 0.29) is 18.9 Å². The molecule has 0 atom stereocenters. The van der Waals surface area contributed by atoms with Crippen molar-refractivity contribution in [2.45, 2.75) is 19.3 Å². The molecule has 0 unspecified atom stereocenters. The summed E-state index contributed by atoms with van der Waals surface area (Å²) < 4.78 is 5.13. The monoisotopic (exact) mass is 322 g/mol. The summed E-state index contributed by atoms with van der Waals surface area (Å²) in [5.74, 6) is -0.713. The highest BCUT2D eigenvalue weighted by Crippen LogP contribution is 2.17. The lowest BCUT2D eigenvalue weighted by Crippen LogP contribution is -2.17. The van der Waals surface area contributed by atoms with Gasteiger partial charge in [-0.25, -0.2) is 4.79 Å². The topological polar surface area (TPSA) is 79.2 Å². The number of rotatable bonds is 7. The summed E-state index contributed by atoms with van der Waals surface area (Å²) in [6.45, 7) is 0.179. The Kier molecular flexibility index (Phi) is 6.54. The van der Waals surface area contributed by atoms with Crippen LogP contribution in [0.5, 0.6) is 0 Å². The number of carbonyl (C=O) groups is 2. The van der Waals surface area contributed by atoms with E-state index in [1.807, 2.05) is 36.4 Å². The summed E-state index contributed by atoms with van der Waals surface area (Å²) in [6.07, 6.45) is 1.06. The van der Waals surface area contributed by atoms with Gasteiger partial charge in [-0.2, -0.15) is 5.26 Å².